The SMILES string of the molecule is NCCC(O)C(=O)NC1CC(N)C(C2OC(CN)C(O)CC2NCC2CC(N)C2)C(O)C1OC1OC(CO)C(O)C(N)C1O. The summed E-state index contributed by atoms with van der Waals surface area (Å²) in [5.74, 6) is -1.20. The van der Waals surface area contributed by atoms with E-state index in [4.69, 9.17) is 42.9 Å². The van der Waals surface area contributed by atoms with E-state index in [-0.39, 0.29) is 38.4 Å². The van der Waals surface area contributed by atoms with Crippen LogP contribution in [0.4, 0.5) is 0 Å². The molecule has 15 unspecified atom stereocenters. The van der Waals surface area contributed by atoms with Crippen molar-refractivity contribution in [3.05, 3.63) is 0 Å². The minimum Gasteiger partial charge on any atom is -0.394 e. The van der Waals surface area contributed by atoms with Gasteiger partial charge >= 0.3 is 0 Å². The number of hydrogen-bond donors (Lipinski definition) is 13. The number of rotatable bonds is 12. The first kappa shape index (κ1) is 35.7. The van der Waals surface area contributed by atoms with Gasteiger partial charge in [-0.3, -0.25) is 4.79 Å². The minimum absolute atomic E-state index is 0.00531. The molecule has 4 fully saturated rings. The lowest BCUT2D eigenvalue weighted by Crippen LogP contribution is -2.70. The van der Waals surface area contributed by atoms with Gasteiger partial charge in [-0.05, 0) is 51.1 Å². The van der Waals surface area contributed by atoms with E-state index in [1.807, 2.05) is 0 Å². The molecule has 0 spiro atoms. The summed E-state index contributed by atoms with van der Waals surface area (Å²) in [7, 11) is 0. The van der Waals surface area contributed by atoms with Gasteiger partial charge in [0.1, 0.15) is 30.5 Å². The summed E-state index contributed by atoms with van der Waals surface area (Å²) in [6.45, 7) is 0.0927. The van der Waals surface area contributed by atoms with E-state index in [1.54, 1.807) is 0 Å². The van der Waals surface area contributed by atoms with Crippen LogP contribution in [0.25, 0.3) is 0 Å². The molecule has 256 valence electrons. The van der Waals surface area contributed by atoms with Crippen molar-refractivity contribution in [1.29, 1.82) is 0 Å². The number of aliphatic hydroxyl groups is 6. The maximum absolute atomic E-state index is 12.8. The maximum atomic E-state index is 12.8. The van der Waals surface area contributed by atoms with Crippen molar-refractivity contribution in [2.24, 2.45) is 40.5 Å². The van der Waals surface area contributed by atoms with E-state index < -0.39 is 104 Å². The summed E-state index contributed by atoms with van der Waals surface area (Å²) < 4.78 is 18.0. The predicted molar refractivity (Wildman–Crippen MR) is 155 cm³/mol. The van der Waals surface area contributed by atoms with Gasteiger partial charge in [0.05, 0.1) is 43.1 Å². The molecule has 15 atom stereocenters. The summed E-state index contributed by atoms with van der Waals surface area (Å²) in [5.41, 5.74) is 30.0. The first-order chi connectivity index (χ1) is 20.9. The van der Waals surface area contributed by atoms with Crippen LogP contribution in [-0.2, 0) is 19.0 Å². The Hall–Kier alpha value is -1.13. The van der Waals surface area contributed by atoms with Crippen molar-refractivity contribution in [2.45, 2.75) is 124 Å². The molecule has 18 N–H and O–H groups in total. The first-order valence-electron chi connectivity index (χ1n) is 15.6. The highest BCUT2D eigenvalue weighted by molar-refractivity contribution is 5.80. The van der Waals surface area contributed by atoms with Gasteiger partial charge in [0.2, 0.25) is 5.91 Å². The summed E-state index contributed by atoms with van der Waals surface area (Å²) in [6, 6.07) is -3.23. The molecule has 17 heteroatoms. The van der Waals surface area contributed by atoms with Crippen molar-refractivity contribution in [3.63, 3.8) is 0 Å². The van der Waals surface area contributed by atoms with Gasteiger partial charge < -0.3 is 84.2 Å². The molecule has 4 rings (SSSR count). The number of nitrogens with two attached hydrogens (primary N) is 5. The summed E-state index contributed by atoms with van der Waals surface area (Å²) in [5, 5.41) is 69.8. The van der Waals surface area contributed by atoms with E-state index >= 15 is 0 Å². The molecular weight excluding hydrogens is 582 g/mol. The molecule has 2 saturated carbocycles. The van der Waals surface area contributed by atoms with Crippen molar-refractivity contribution < 1.29 is 49.6 Å². The Labute approximate surface area is 256 Å². The molecule has 1 amide bonds. The molecule has 0 aromatic heterocycles. The highest BCUT2D eigenvalue weighted by atomic mass is 16.7. The van der Waals surface area contributed by atoms with Crippen LogP contribution in [0.3, 0.4) is 0 Å². The zero-order chi connectivity index (χ0) is 32.3. The van der Waals surface area contributed by atoms with Gasteiger partial charge in [-0.1, -0.05) is 0 Å². The van der Waals surface area contributed by atoms with Gasteiger partial charge in [0.25, 0.3) is 0 Å². The molecule has 4 aliphatic rings. The number of hydrogen-bond acceptors (Lipinski definition) is 16. The lowest BCUT2D eigenvalue weighted by molar-refractivity contribution is -0.307. The second-order valence-electron chi connectivity index (χ2n) is 12.9. The van der Waals surface area contributed by atoms with Crippen LogP contribution in [0.5, 0.6) is 0 Å². The monoisotopic (exact) mass is 635 g/mol. The average molecular weight is 636 g/mol. The smallest absolute Gasteiger partial charge is 0.249 e. The number of nitrogens with one attached hydrogen (secondary N) is 2. The topological polar surface area (TPSA) is 320 Å². The number of ether oxygens (including phenoxy) is 3. The van der Waals surface area contributed by atoms with Crippen LogP contribution < -0.4 is 39.3 Å². The normalized spacial score (nSPS) is 47.1. The molecule has 2 heterocycles. The van der Waals surface area contributed by atoms with Crippen molar-refractivity contribution in [1.82, 2.24) is 10.6 Å². The van der Waals surface area contributed by atoms with Crippen molar-refractivity contribution >= 4 is 5.91 Å². The fourth-order valence-electron chi connectivity index (χ4n) is 6.98. The van der Waals surface area contributed by atoms with Crippen LogP contribution in [0, 0.1) is 11.8 Å². The maximum Gasteiger partial charge on any atom is 0.249 e. The third-order valence-corrected chi connectivity index (χ3v) is 9.65. The molecule has 0 aromatic carbocycles. The molecule has 0 radical (unpaired) electrons. The zero-order valence-electron chi connectivity index (χ0n) is 24.9. The minimum atomic E-state index is -1.56. The standard InChI is InChI=1S/C27H53N7O10/c28-2-1-15(36)26(41)34-14-5-12(31)19(22(39)25(14)44-27-23(40)20(32)21(38)18(9-35)43-27)24-13(6-16(37)17(7-29)42-24)33-8-10-3-11(30)4-10/h10-25,27,33,35-40H,1-9,28-32H2,(H,34,41). The Kier molecular flexibility index (Phi) is 12.7. The van der Waals surface area contributed by atoms with E-state index in [2.05, 4.69) is 10.6 Å². The van der Waals surface area contributed by atoms with Gasteiger partial charge in [-0.15, -0.1) is 0 Å². The number of amides is 1. The van der Waals surface area contributed by atoms with E-state index in [1.165, 1.54) is 0 Å². The van der Waals surface area contributed by atoms with E-state index in [0.29, 0.717) is 12.5 Å². The Morgan fingerprint density at radius 2 is 1.64 bits per heavy atom. The van der Waals surface area contributed by atoms with Crippen molar-refractivity contribution in [3.8, 4) is 0 Å². The lowest BCUT2D eigenvalue weighted by Gasteiger charge is -2.52. The fourth-order valence-corrected chi connectivity index (χ4v) is 6.98. The zero-order valence-corrected chi connectivity index (χ0v) is 24.9. The third-order valence-electron chi connectivity index (χ3n) is 9.65. The van der Waals surface area contributed by atoms with Gasteiger partial charge in [-0.2, -0.15) is 0 Å². The number of carbonyl (C=O) groups is 1. The van der Waals surface area contributed by atoms with Crippen LogP contribution in [0.15, 0.2) is 0 Å². The molecule has 2 aliphatic carbocycles. The van der Waals surface area contributed by atoms with Crippen LogP contribution in [0.1, 0.15) is 32.1 Å². The number of carbonyl (C=O) groups excluding carboxylic acids is 1. The second kappa shape index (κ2) is 15.6. The molecule has 0 aromatic rings. The van der Waals surface area contributed by atoms with Gasteiger partial charge in [-0.25, -0.2) is 0 Å². The summed E-state index contributed by atoms with van der Waals surface area (Å²) in [6.07, 6.45) is -9.98. The largest absolute Gasteiger partial charge is 0.394 e. The molecule has 44 heavy (non-hydrogen) atoms. The van der Waals surface area contributed by atoms with Crippen molar-refractivity contribution in [2.75, 3.05) is 26.2 Å². The highest BCUT2D eigenvalue weighted by Crippen LogP contribution is 2.37. The second-order valence-corrected chi connectivity index (χ2v) is 12.9. The van der Waals surface area contributed by atoms with Crippen LogP contribution in [-0.4, -0.2) is 154 Å². The summed E-state index contributed by atoms with van der Waals surface area (Å²) >= 11 is 0. The lowest BCUT2D eigenvalue weighted by atomic mass is 9.71. The summed E-state index contributed by atoms with van der Waals surface area (Å²) in [4.78, 5) is 12.8. The fraction of sp³-hybridized carbons (Fsp3) is 0.963. The first-order valence-corrected chi connectivity index (χ1v) is 15.6. The molecule has 17 nitrogen and oxygen atoms in total. The highest BCUT2D eigenvalue weighted by Gasteiger charge is 2.54. The van der Waals surface area contributed by atoms with E-state index in [0.717, 1.165) is 12.8 Å². The third kappa shape index (κ3) is 7.87. The Bertz CT molecular complexity index is 920. The Balaban J connectivity index is 1.60. The predicted octanol–water partition coefficient (Wildman–Crippen LogP) is -6.79. The molecule has 0 bridgehead atoms. The quantitative estimate of drug-likeness (QED) is 0.0947. The number of aliphatic hydroxyl groups excluding tert-OH is 6. The van der Waals surface area contributed by atoms with Crippen LogP contribution >= 0.6 is 0 Å². The molecule has 2 aliphatic heterocycles. The van der Waals surface area contributed by atoms with Gasteiger partial charge in [0, 0.05) is 30.6 Å². The average Bonchev–Trinajstić information content (AvgIpc) is 2.97. The molecule has 2 saturated heterocycles. The Morgan fingerprint density at radius 1 is 0.932 bits per heavy atom. The van der Waals surface area contributed by atoms with E-state index in [9.17, 15) is 35.4 Å². The van der Waals surface area contributed by atoms with Gasteiger partial charge in [0.15, 0.2) is 6.29 Å². The van der Waals surface area contributed by atoms with Crippen LogP contribution in [0.2, 0.25) is 0 Å². The Morgan fingerprint density at radius 3 is 2.25 bits per heavy atom. The molecular formula is C27H53N7O10.